The molecule has 16 heavy (non-hydrogen) atoms. The second-order valence-corrected chi connectivity index (χ2v) is 3.81. The Morgan fingerprint density at radius 3 is 1.75 bits per heavy atom. The first-order valence-corrected chi connectivity index (χ1v) is 5.89. The maximum Gasteiger partial charge on any atom is 0.320 e. The maximum atomic E-state index is 11.6. The van der Waals surface area contributed by atoms with E-state index in [9.17, 15) is 9.59 Å². The van der Waals surface area contributed by atoms with Crippen molar-refractivity contribution < 1.29 is 19.1 Å². The number of rotatable bonds is 7. The summed E-state index contributed by atoms with van der Waals surface area (Å²) < 4.78 is 9.75. The summed E-state index contributed by atoms with van der Waals surface area (Å²) in [6.07, 6.45) is 1.42. The standard InChI is InChI=1S/C12H22O4/c1-5-9(4)8-10(11(13)15-6-2)12(14)16-7-3/h9-10H,5-8H2,1-4H3. The summed E-state index contributed by atoms with van der Waals surface area (Å²) in [5.41, 5.74) is 0. The molecule has 0 spiro atoms. The van der Waals surface area contributed by atoms with Crippen LogP contribution in [0.2, 0.25) is 0 Å². The topological polar surface area (TPSA) is 52.6 Å². The summed E-state index contributed by atoms with van der Waals surface area (Å²) in [6.45, 7) is 8.06. The van der Waals surface area contributed by atoms with Gasteiger partial charge in [-0.05, 0) is 26.2 Å². The zero-order valence-corrected chi connectivity index (χ0v) is 10.6. The van der Waals surface area contributed by atoms with E-state index in [-0.39, 0.29) is 13.2 Å². The molecule has 0 heterocycles. The highest BCUT2D eigenvalue weighted by Gasteiger charge is 2.30. The van der Waals surface area contributed by atoms with Gasteiger partial charge in [-0.2, -0.15) is 0 Å². The van der Waals surface area contributed by atoms with E-state index in [1.54, 1.807) is 13.8 Å². The predicted molar refractivity (Wildman–Crippen MR) is 60.8 cm³/mol. The summed E-state index contributed by atoms with van der Waals surface area (Å²) in [7, 11) is 0. The van der Waals surface area contributed by atoms with Crippen molar-refractivity contribution in [2.45, 2.75) is 40.5 Å². The Labute approximate surface area is 97.3 Å². The number of hydrogen-bond acceptors (Lipinski definition) is 4. The summed E-state index contributed by atoms with van der Waals surface area (Å²) in [5, 5.41) is 0. The van der Waals surface area contributed by atoms with Crippen LogP contribution in [0.4, 0.5) is 0 Å². The van der Waals surface area contributed by atoms with Gasteiger partial charge in [-0.25, -0.2) is 0 Å². The average Bonchev–Trinajstić information content (AvgIpc) is 2.25. The molecule has 0 rings (SSSR count). The molecule has 0 aromatic heterocycles. The van der Waals surface area contributed by atoms with Crippen molar-refractivity contribution >= 4 is 11.9 Å². The van der Waals surface area contributed by atoms with Crippen molar-refractivity contribution in [3.8, 4) is 0 Å². The Morgan fingerprint density at radius 2 is 1.44 bits per heavy atom. The number of hydrogen-bond donors (Lipinski definition) is 0. The number of esters is 2. The first-order valence-electron chi connectivity index (χ1n) is 5.89. The summed E-state index contributed by atoms with van der Waals surface area (Å²) in [4.78, 5) is 23.2. The summed E-state index contributed by atoms with van der Waals surface area (Å²) in [6, 6.07) is 0. The maximum absolute atomic E-state index is 11.6. The minimum Gasteiger partial charge on any atom is -0.465 e. The normalized spacial score (nSPS) is 12.3. The Balaban J connectivity index is 4.49. The van der Waals surface area contributed by atoms with Gasteiger partial charge < -0.3 is 9.47 Å². The van der Waals surface area contributed by atoms with Gasteiger partial charge in [-0.3, -0.25) is 9.59 Å². The zero-order chi connectivity index (χ0) is 12.6. The third-order valence-corrected chi connectivity index (χ3v) is 2.48. The largest absolute Gasteiger partial charge is 0.465 e. The second kappa shape index (κ2) is 8.13. The summed E-state index contributed by atoms with van der Waals surface area (Å²) >= 11 is 0. The number of carbonyl (C=O) groups is 2. The van der Waals surface area contributed by atoms with Gasteiger partial charge in [0.1, 0.15) is 0 Å². The van der Waals surface area contributed by atoms with Crippen molar-refractivity contribution in [3.63, 3.8) is 0 Å². The van der Waals surface area contributed by atoms with E-state index >= 15 is 0 Å². The highest BCUT2D eigenvalue weighted by molar-refractivity contribution is 5.94. The van der Waals surface area contributed by atoms with Crippen LogP contribution < -0.4 is 0 Å². The molecule has 4 heteroatoms. The van der Waals surface area contributed by atoms with E-state index in [2.05, 4.69) is 0 Å². The molecule has 94 valence electrons. The third kappa shape index (κ3) is 5.14. The van der Waals surface area contributed by atoms with E-state index in [0.717, 1.165) is 6.42 Å². The number of carbonyl (C=O) groups excluding carboxylic acids is 2. The van der Waals surface area contributed by atoms with Gasteiger partial charge in [0.15, 0.2) is 5.92 Å². The lowest BCUT2D eigenvalue weighted by molar-refractivity contribution is -0.162. The summed E-state index contributed by atoms with van der Waals surface area (Å²) in [5.74, 6) is -1.41. The van der Waals surface area contributed by atoms with Gasteiger partial charge in [0.2, 0.25) is 0 Å². The molecule has 0 aliphatic heterocycles. The lowest BCUT2D eigenvalue weighted by Crippen LogP contribution is -2.29. The van der Waals surface area contributed by atoms with Gasteiger partial charge in [0.05, 0.1) is 13.2 Å². The fraction of sp³-hybridized carbons (Fsp3) is 0.833. The van der Waals surface area contributed by atoms with Crippen LogP contribution in [0.1, 0.15) is 40.5 Å². The minimum atomic E-state index is -0.769. The van der Waals surface area contributed by atoms with E-state index in [1.807, 2.05) is 13.8 Å². The highest BCUT2D eigenvalue weighted by atomic mass is 16.6. The fourth-order valence-electron chi connectivity index (χ4n) is 1.34. The second-order valence-electron chi connectivity index (χ2n) is 3.81. The molecule has 0 radical (unpaired) electrons. The van der Waals surface area contributed by atoms with Crippen LogP contribution in [-0.2, 0) is 19.1 Å². The van der Waals surface area contributed by atoms with Crippen LogP contribution in [0, 0.1) is 11.8 Å². The van der Waals surface area contributed by atoms with Crippen LogP contribution in [0.3, 0.4) is 0 Å². The lowest BCUT2D eigenvalue weighted by Gasteiger charge is -2.17. The molecule has 0 bridgehead atoms. The Kier molecular flexibility index (Phi) is 7.60. The van der Waals surface area contributed by atoms with Crippen molar-refractivity contribution in [2.75, 3.05) is 13.2 Å². The van der Waals surface area contributed by atoms with Gasteiger partial charge in [-0.15, -0.1) is 0 Å². The molecular formula is C12H22O4. The molecule has 4 nitrogen and oxygen atoms in total. The van der Waals surface area contributed by atoms with Crippen molar-refractivity contribution in [1.29, 1.82) is 0 Å². The predicted octanol–water partition coefficient (Wildman–Crippen LogP) is 2.17. The van der Waals surface area contributed by atoms with Gasteiger partial charge >= 0.3 is 11.9 Å². The first-order chi connectivity index (χ1) is 7.56. The molecule has 1 unspecified atom stereocenters. The monoisotopic (exact) mass is 230 g/mol. The molecule has 0 saturated heterocycles. The zero-order valence-electron chi connectivity index (χ0n) is 10.6. The molecular weight excluding hydrogens is 208 g/mol. The van der Waals surface area contributed by atoms with Crippen LogP contribution in [0.5, 0.6) is 0 Å². The molecule has 0 fully saturated rings. The van der Waals surface area contributed by atoms with Crippen molar-refractivity contribution in [1.82, 2.24) is 0 Å². The quantitative estimate of drug-likeness (QED) is 0.497. The molecule has 0 N–H and O–H groups in total. The fourth-order valence-corrected chi connectivity index (χ4v) is 1.34. The molecule has 0 amide bonds. The van der Waals surface area contributed by atoms with Crippen LogP contribution in [0.15, 0.2) is 0 Å². The van der Waals surface area contributed by atoms with Crippen molar-refractivity contribution in [3.05, 3.63) is 0 Å². The van der Waals surface area contributed by atoms with E-state index in [4.69, 9.17) is 9.47 Å². The average molecular weight is 230 g/mol. The van der Waals surface area contributed by atoms with E-state index < -0.39 is 17.9 Å². The molecule has 0 aromatic rings. The highest BCUT2D eigenvalue weighted by Crippen LogP contribution is 2.18. The van der Waals surface area contributed by atoms with Crippen LogP contribution >= 0.6 is 0 Å². The van der Waals surface area contributed by atoms with Crippen LogP contribution in [0.25, 0.3) is 0 Å². The van der Waals surface area contributed by atoms with Gasteiger partial charge in [0, 0.05) is 0 Å². The molecule has 0 saturated carbocycles. The number of ether oxygens (including phenoxy) is 2. The van der Waals surface area contributed by atoms with E-state index in [0.29, 0.717) is 12.3 Å². The molecule has 1 atom stereocenters. The first kappa shape index (κ1) is 14.9. The van der Waals surface area contributed by atoms with E-state index in [1.165, 1.54) is 0 Å². The Morgan fingerprint density at radius 1 is 1.00 bits per heavy atom. The van der Waals surface area contributed by atoms with Gasteiger partial charge in [-0.1, -0.05) is 20.3 Å². The third-order valence-electron chi connectivity index (χ3n) is 2.48. The SMILES string of the molecule is CCOC(=O)C(CC(C)CC)C(=O)OCC. The van der Waals surface area contributed by atoms with Crippen molar-refractivity contribution in [2.24, 2.45) is 11.8 Å². The molecule has 0 aliphatic rings. The van der Waals surface area contributed by atoms with Gasteiger partial charge in [0.25, 0.3) is 0 Å². The smallest absolute Gasteiger partial charge is 0.320 e. The van der Waals surface area contributed by atoms with Crippen LogP contribution in [-0.4, -0.2) is 25.2 Å². The lowest BCUT2D eigenvalue weighted by atomic mass is 9.94. The molecule has 0 aliphatic carbocycles. The minimum absolute atomic E-state index is 0.287. The Bertz CT molecular complexity index is 207. The Hall–Kier alpha value is -1.06. The molecule has 0 aromatic carbocycles.